The van der Waals surface area contributed by atoms with Crippen LogP contribution in [-0.4, -0.2) is 5.11 Å². The van der Waals surface area contributed by atoms with E-state index in [0.717, 1.165) is 11.1 Å². The Kier molecular flexibility index (Phi) is 5.10. The molecule has 0 bridgehead atoms. The molecule has 0 heterocycles. The molecule has 0 saturated heterocycles. The summed E-state index contributed by atoms with van der Waals surface area (Å²) in [6, 6.07) is 7.59. The van der Waals surface area contributed by atoms with E-state index in [0.29, 0.717) is 5.02 Å². The van der Waals surface area contributed by atoms with E-state index in [-0.39, 0.29) is 0 Å². The third-order valence-corrected chi connectivity index (χ3v) is 4.95. The van der Waals surface area contributed by atoms with Crippen LogP contribution in [0, 0.1) is 34.6 Å². The third kappa shape index (κ3) is 3.26. The van der Waals surface area contributed by atoms with Crippen molar-refractivity contribution in [2.75, 3.05) is 0 Å². The molecule has 0 fully saturated rings. The zero-order valence-corrected chi connectivity index (χ0v) is 14.6. The SMILES string of the molecule is Cc1c(C)c(C)c([C@H](O)/C=C/c2ccc(Cl)cc2)c(C)c1C. The molecule has 1 N–H and O–H groups in total. The van der Waals surface area contributed by atoms with E-state index in [1.54, 1.807) is 0 Å². The van der Waals surface area contributed by atoms with E-state index >= 15 is 0 Å². The molecule has 2 aromatic carbocycles. The van der Waals surface area contributed by atoms with Crippen molar-refractivity contribution in [2.24, 2.45) is 0 Å². The smallest absolute Gasteiger partial charge is 0.0980 e. The lowest BCUT2D eigenvalue weighted by molar-refractivity contribution is 0.228. The number of aliphatic hydroxyl groups is 1. The van der Waals surface area contributed by atoms with Gasteiger partial charge in [-0.2, -0.15) is 0 Å². The van der Waals surface area contributed by atoms with Gasteiger partial charge in [-0.05, 0) is 85.7 Å². The zero-order chi connectivity index (χ0) is 16.4. The summed E-state index contributed by atoms with van der Waals surface area (Å²) in [5.74, 6) is 0. The second-order valence-electron chi connectivity index (χ2n) is 5.89. The van der Waals surface area contributed by atoms with Crippen molar-refractivity contribution in [3.8, 4) is 0 Å². The molecule has 116 valence electrons. The lowest BCUT2D eigenvalue weighted by Crippen LogP contribution is -2.06. The Morgan fingerprint density at radius 3 is 1.77 bits per heavy atom. The quantitative estimate of drug-likeness (QED) is 0.778. The van der Waals surface area contributed by atoms with E-state index in [2.05, 4.69) is 34.6 Å². The van der Waals surface area contributed by atoms with Gasteiger partial charge in [0, 0.05) is 5.02 Å². The van der Waals surface area contributed by atoms with E-state index in [1.807, 2.05) is 36.4 Å². The normalized spacial score (nSPS) is 12.9. The minimum Gasteiger partial charge on any atom is -0.384 e. The molecule has 0 aliphatic rings. The van der Waals surface area contributed by atoms with Crippen LogP contribution in [0.15, 0.2) is 30.3 Å². The first-order valence-electron chi connectivity index (χ1n) is 7.51. The molecule has 0 radical (unpaired) electrons. The standard InChI is InChI=1S/C20H23ClO/c1-12-13(2)15(4)20(16(5)14(12)3)19(22)11-8-17-6-9-18(21)10-7-17/h6-11,19,22H,1-5H3/b11-8+/t19-/m1/s1. The summed E-state index contributed by atoms with van der Waals surface area (Å²) in [5.41, 5.74) is 8.23. The molecule has 1 atom stereocenters. The van der Waals surface area contributed by atoms with Crippen LogP contribution < -0.4 is 0 Å². The summed E-state index contributed by atoms with van der Waals surface area (Å²) in [6.45, 7) is 10.6. The predicted octanol–water partition coefficient (Wildman–Crippen LogP) is 5.63. The van der Waals surface area contributed by atoms with Gasteiger partial charge in [-0.15, -0.1) is 0 Å². The fourth-order valence-corrected chi connectivity index (χ4v) is 2.97. The summed E-state index contributed by atoms with van der Waals surface area (Å²) in [7, 11) is 0. The van der Waals surface area contributed by atoms with Gasteiger partial charge in [-0.1, -0.05) is 35.9 Å². The van der Waals surface area contributed by atoms with Gasteiger partial charge >= 0.3 is 0 Å². The zero-order valence-electron chi connectivity index (χ0n) is 13.9. The van der Waals surface area contributed by atoms with Crippen molar-refractivity contribution < 1.29 is 5.11 Å². The van der Waals surface area contributed by atoms with E-state index in [4.69, 9.17) is 11.6 Å². The Labute approximate surface area is 138 Å². The van der Waals surface area contributed by atoms with Crippen LogP contribution in [0.1, 0.15) is 45.0 Å². The van der Waals surface area contributed by atoms with E-state index < -0.39 is 6.10 Å². The lowest BCUT2D eigenvalue weighted by atomic mass is 9.87. The minimum atomic E-state index is -0.603. The largest absolute Gasteiger partial charge is 0.384 e. The van der Waals surface area contributed by atoms with Gasteiger partial charge in [0.25, 0.3) is 0 Å². The molecule has 2 rings (SSSR count). The number of benzene rings is 2. The second-order valence-corrected chi connectivity index (χ2v) is 6.33. The topological polar surface area (TPSA) is 20.2 Å². The molecule has 0 amide bonds. The van der Waals surface area contributed by atoms with Crippen molar-refractivity contribution in [1.82, 2.24) is 0 Å². The summed E-state index contributed by atoms with van der Waals surface area (Å²) in [5, 5.41) is 11.3. The first kappa shape index (κ1) is 16.8. The molecule has 0 unspecified atom stereocenters. The van der Waals surface area contributed by atoms with Gasteiger partial charge in [0.2, 0.25) is 0 Å². The van der Waals surface area contributed by atoms with Crippen molar-refractivity contribution >= 4 is 17.7 Å². The number of hydrogen-bond donors (Lipinski definition) is 1. The fraction of sp³-hybridized carbons (Fsp3) is 0.300. The van der Waals surface area contributed by atoms with E-state index in [1.165, 1.54) is 27.8 Å². The van der Waals surface area contributed by atoms with Gasteiger partial charge < -0.3 is 5.11 Å². The van der Waals surface area contributed by atoms with Crippen LogP contribution in [0.4, 0.5) is 0 Å². The van der Waals surface area contributed by atoms with E-state index in [9.17, 15) is 5.11 Å². The molecule has 2 aromatic rings. The highest BCUT2D eigenvalue weighted by Crippen LogP contribution is 2.31. The first-order valence-corrected chi connectivity index (χ1v) is 7.89. The molecule has 0 spiro atoms. The van der Waals surface area contributed by atoms with Gasteiger partial charge in [0.05, 0.1) is 6.10 Å². The molecule has 0 aromatic heterocycles. The maximum Gasteiger partial charge on any atom is 0.0980 e. The fourth-order valence-electron chi connectivity index (χ4n) is 2.85. The van der Waals surface area contributed by atoms with Gasteiger partial charge in [0.15, 0.2) is 0 Å². The van der Waals surface area contributed by atoms with Crippen molar-refractivity contribution in [3.63, 3.8) is 0 Å². The van der Waals surface area contributed by atoms with Gasteiger partial charge in [-0.25, -0.2) is 0 Å². The molecular formula is C20H23ClO. The Morgan fingerprint density at radius 1 is 0.818 bits per heavy atom. The highest BCUT2D eigenvalue weighted by atomic mass is 35.5. The predicted molar refractivity (Wildman–Crippen MR) is 95.6 cm³/mol. The van der Waals surface area contributed by atoms with Crippen molar-refractivity contribution in [1.29, 1.82) is 0 Å². The van der Waals surface area contributed by atoms with Gasteiger partial charge in [0.1, 0.15) is 0 Å². The molecule has 0 saturated carbocycles. The molecular weight excluding hydrogens is 292 g/mol. The molecule has 0 aliphatic heterocycles. The van der Waals surface area contributed by atoms with Crippen LogP contribution >= 0.6 is 11.6 Å². The average Bonchev–Trinajstić information content (AvgIpc) is 2.50. The Bertz CT molecular complexity index is 682. The Balaban J connectivity index is 2.38. The number of rotatable bonds is 3. The summed E-state index contributed by atoms with van der Waals surface area (Å²) >= 11 is 5.89. The molecule has 22 heavy (non-hydrogen) atoms. The third-order valence-electron chi connectivity index (χ3n) is 4.69. The molecule has 2 heteroatoms. The summed E-state index contributed by atoms with van der Waals surface area (Å²) in [4.78, 5) is 0. The molecule has 1 nitrogen and oxygen atoms in total. The van der Waals surface area contributed by atoms with Crippen LogP contribution in [0.5, 0.6) is 0 Å². The number of aliphatic hydroxyl groups excluding tert-OH is 1. The number of halogens is 1. The number of hydrogen-bond acceptors (Lipinski definition) is 1. The monoisotopic (exact) mass is 314 g/mol. The lowest BCUT2D eigenvalue weighted by Gasteiger charge is -2.21. The van der Waals surface area contributed by atoms with Crippen LogP contribution in [0.2, 0.25) is 5.02 Å². The van der Waals surface area contributed by atoms with Crippen molar-refractivity contribution in [2.45, 2.75) is 40.7 Å². The average molecular weight is 315 g/mol. The van der Waals surface area contributed by atoms with Gasteiger partial charge in [-0.3, -0.25) is 0 Å². The Morgan fingerprint density at radius 2 is 1.27 bits per heavy atom. The minimum absolute atomic E-state index is 0.603. The summed E-state index contributed by atoms with van der Waals surface area (Å²) in [6.07, 6.45) is 3.17. The second kappa shape index (κ2) is 6.68. The van der Waals surface area contributed by atoms with Crippen LogP contribution in [0.3, 0.4) is 0 Å². The highest BCUT2D eigenvalue weighted by molar-refractivity contribution is 6.30. The van der Waals surface area contributed by atoms with Crippen LogP contribution in [0.25, 0.3) is 6.08 Å². The van der Waals surface area contributed by atoms with Crippen molar-refractivity contribution in [3.05, 3.63) is 74.3 Å². The highest BCUT2D eigenvalue weighted by Gasteiger charge is 2.16. The maximum atomic E-state index is 10.6. The Hall–Kier alpha value is -1.57. The summed E-state index contributed by atoms with van der Waals surface area (Å²) < 4.78 is 0. The first-order chi connectivity index (χ1) is 10.3. The maximum absolute atomic E-state index is 10.6. The van der Waals surface area contributed by atoms with Crippen LogP contribution in [-0.2, 0) is 0 Å². The molecule has 0 aliphatic carbocycles.